The minimum absolute atomic E-state index is 0.0458. The molecule has 174 valence electrons. The number of rotatable bonds is 8. The van der Waals surface area contributed by atoms with Crippen LogP contribution in [0.1, 0.15) is 48.7 Å². The van der Waals surface area contributed by atoms with Crippen LogP contribution in [0.5, 0.6) is 11.5 Å². The van der Waals surface area contributed by atoms with Gasteiger partial charge in [0.25, 0.3) is 5.91 Å². The van der Waals surface area contributed by atoms with Gasteiger partial charge in [-0.15, -0.1) is 0 Å². The fourth-order valence-electron chi connectivity index (χ4n) is 4.12. The molecule has 2 aromatic carbocycles. The maximum Gasteiger partial charge on any atom is 0.254 e. The first-order valence-corrected chi connectivity index (χ1v) is 12.4. The van der Waals surface area contributed by atoms with Crippen molar-refractivity contribution in [3.05, 3.63) is 52.5 Å². The van der Waals surface area contributed by atoms with Crippen molar-refractivity contribution in [2.24, 2.45) is 0 Å². The molecule has 0 bridgehead atoms. The van der Waals surface area contributed by atoms with Crippen LogP contribution >= 0.6 is 11.6 Å². The Kier molecular flexibility index (Phi) is 7.69. The van der Waals surface area contributed by atoms with E-state index in [9.17, 15) is 13.2 Å². The number of methoxy groups -OCH3 is 2. The molecule has 0 radical (unpaired) electrons. The molecule has 1 saturated heterocycles. The molecule has 3 rings (SSSR count). The van der Waals surface area contributed by atoms with E-state index in [2.05, 4.69) is 0 Å². The number of nitrogens with zero attached hydrogens (tertiary/aromatic N) is 2. The normalized spacial score (nSPS) is 16.4. The summed E-state index contributed by atoms with van der Waals surface area (Å²) in [4.78, 5) is 15.2. The number of carbonyl (C=O) groups excluding carboxylic acids is 1. The predicted molar refractivity (Wildman–Crippen MR) is 124 cm³/mol. The molecule has 0 unspecified atom stereocenters. The molecule has 7 nitrogen and oxygen atoms in total. The van der Waals surface area contributed by atoms with Gasteiger partial charge in [-0.05, 0) is 48.7 Å². The van der Waals surface area contributed by atoms with E-state index in [1.165, 1.54) is 16.4 Å². The number of amides is 1. The summed E-state index contributed by atoms with van der Waals surface area (Å²) in [5.74, 6) is 0.995. The summed E-state index contributed by atoms with van der Waals surface area (Å²) in [6.07, 6.45) is 1.66. The second-order valence-corrected chi connectivity index (χ2v) is 9.82. The number of hydrogen-bond donors (Lipinski definition) is 0. The van der Waals surface area contributed by atoms with Crippen molar-refractivity contribution in [2.75, 3.05) is 33.9 Å². The highest BCUT2D eigenvalue weighted by molar-refractivity contribution is 7.89. The minimum atomic E-state index is -3.79. The Balaban J connectivity index is 1.95. The van der Waals surface area contributed by atoms with Crippen molar-refractivity contribution >= 4 is 27.5 Å². The quantitative estimate of drug-likeness (QED) is 0.561. The molecule has 1 heterocycles. The average molecular weight is 481 g/mol. The minimum Gasteiger partial charge on any atom is -0.493 e. The molecule has 0 aromatic heterocycles. The summed E-state index contributed by atoms with van der Waals surface area (Å²) >= 11 is 6.23. The van der Waals surface area contributed by atoms with E-state index in [1.807, 2.05) is 18.2 Å². The second kappa shape index (κ2) is 10.1. The summed E-state index contributed by atoms with van der Waals surface area (Å²) in [6.45, 7) is 4.75. The third-order valence-electron chi connectivity index (χ3n) is 5.81. The number of ether oxygens (including phenoxy) is 2. The predicted octanol–water partition coefficient (Wildman–Crippen LogP) is 4.37. The van der Waals surface area contributed by atoms with Crippen LogP contribution in [0.4, 0.5) is 0 Å². The smallest absolute Gasteiger partial charge is 0.254 e. The first-order chi connectivity index (χ1) is 15.3. The molecule has 2 aromatic rings. The Labute approximate surface area is 194 Å². The first-order valence-electron chi connectivity index (χ1n) is 10.6. The van der Waals surface area contributed by atoms with Crippen molar-refractivity contribution in [2.45, 2.75) is 37.6 Å². The number of hydrogen-bond acceptors (Lipinski definition) is 5. The Hall–Kier alpha value is -2.29. The maximum absolute atomic E-state index is 13.4. The van der Waals surface area contributed by atoms with Crippen molar-refractivity contribution in [1.29, 1.82) is 0 Å². The fourth-order valence-corrected chi connectivity index (χ4v) is 6.08. The number of carbonyl (C=O) groups is 1. The fraction of sp³-hybridized carbons (Fsp3) is 0.435. The summed E-state index contributed by atoms with van der Waals surface area (Å²) in [7, 11) is -0.643. The van der Waals surface area contributed by atoms with Crippen LogP contribution in [0.2, 0.25) is 5.02 Å². The lowest BCUT2D eigenvalue weighted by atomic mass is 10.0. The third kappa shape index (κ3) is 4.58. The Bertz CT molecular complexity index is 1090. The monoisotopic (exact) mass is 480 g/mol. The van der Waals surface area contributed by atoms with E-state index < -0.39 is 10.0 Å². The maximum atomic E-state index is 13.4. The molecule has 32 heavy (non-hydrogen) atoms. The molecule has 1 atom stereocenters. The van der Waals surface area contributed by atoms with Gasteiger partial charge < -0.3 is 14.4 Å². The van der Waals surface area contributed by atoms with Gasteiger partial charge in [0, 0.05) is 25.2 Å². The van der Waals surface area contributed by atoms with Gasteiger partial charge in [-0.25, -0.2) is 8.42 Å². The van der Waals surface area contributed by atoms with Crippen LogP contribution in [-0.2, 0) is 10.0 Å². The summed E-state index contributed by atoms with van der Waals surface area (Å²) in [6, 6.07) is 9.95. The molecular formula is C23H29ClN2O5S. The SMILES string of the molecule is CCN(CC)S(=O)(=O)c1cc(C(=O)N2CCC[C@@H]2c2ccc(OC)c(OC)c2)ccc1Cl. The highest BCUT2D eigenvalue weighted by Gasteiger charge is 2.32. The van der Waals surface area contributed by atoms with Crippen molar-refractivity contribution in [1.82, 2.24) is 9.21 Å². The van der Waals surface area contributed by atoms with Gasteiger partial charge >= 0.3 is 0 Å². The van der Waals surface area contributed by atoms with Crippen LogP contribution in [-0.4, -0.2) is 57.4 Å². The van der Waals surface area contributed by atoms with Crippen LogP contribution in [0.15, 0.2) is 41.3 Å². The molecule has 0 spiro atoms. The van der Waals surface area contributed by atoms with Crippen LogP contribution in [0.3, 0.4) is 0 Å². The lowest BCUT2D eigenvalue weighted by Crippen LogP contribution is -2.32. The van der Waals surface area contributed by atoms with Gasteiger partial charge in [0.15, 0.2) is 11.5 Å². The third-order valence-corrected chi connectivity index (χ3v) is 8.34. The van der Waals surface area contributed by atoms with Gasteiger partial charge in [0.05, 0.1) is 25.3 Å². The van der Waals surface area contributed by atoms with E-state index in [1.54, 1.807) is 39.0 Å². The van der Waals surface area contributed by atoms with Crippen LogP contribution in [0.25, 0.3) is 0 Å². The van der Waals surface area contributed by atoms with Gasteiger partial charge in [0.2, 0.25) is 10.0 Å². The van der Waals surface area contributed by atoms with E-state index in [0.29, 0.717) is 36.7 Å². The largest absolute Gasteiger partial charge is 0.493 e. The Morgan fingerprint density at radius 3 is 2.41 bits per heavy atom. The number of likely N-dealkylation sites (tertiary alicyclic amines) is 1. The summed E-state index contributed by atoms with van der Waals surface area (Å²) in [5.41, 5.74) is 1.24. The van der Waals surface area contributed by atoms with E-state index in [0.717, 1.165) is 18.4 Å². The highest BCUT2D eigenvalue weighted by Crippen LogP contribution is 2.38. The molecule has 0 N–H and O–H groups in total. The first kappa shape index (κ1) is 24.4. The zero-order valence-electron chi connectivity index (χ0n) is 18.8. The molecule has 1 fully saturated rings. The van der Waals surface area contributed by atoms with Crippen molar-refractivity contribution < 1.29 is 22.7 Å². The van der Waals surface area contributed by atoms with Crippen LogP contribution < -0.4 is 9.47 Å². The highest BCUT2D eigenvalue weighted by atomic mass is 35.5. The summed E-state index contributed by atoms with van der Waals surface area (Å²) in [5, 5.41) is 0.103. The molecular weight excluding hydrogens is 452 g/mol. The molecule has 1 aliphatic rings. The van der Waals surface area contributed by atoms with Gasteiger partial charge in [-0.1, -0.05) is 31.5 Å². The van der Waals surface area contributed by atoms with E-state index in [4.69, 9.17) is 21.1 Å². The molecule has 1 amide bonds. The van der Waals surface area contributed by atoms with Crippen molar-refractivity contribution in [3.8, 4) is 11.5 Å². The van der Waals surface area contributed by atoms with E-state index in [-0.39, 0.29) is 21.9 Å². The number of benzene rings is 2. The van der Waals surface area contributed by atoms with Crippen molar-refractivity contribution in [3.63, 3.8) is 0 Å². The van der Waals surface area contributed by atoms with E-state index >= 15 is 0 Å². The summed E-state index contributed by atoms with van der Waals surface area (Å²) < 4.78 is 38.1. The Morgan fingerprint density at radius 2 is 1.78 bits per heavy atom. The molecule has 0 aliphatic carbocycles. The standard InChI is InChI=1S/C23H29ClN2O5S/c1-5-25(6-2)32(28,29)22-15-17(9-11-18(22)24)23(27)26-13-7-8-19(26)16-10-12-20(30-3)21(14-16)31-4/h9-12,14-15,19H,5-8,13H2,1-4H3/t19-/m1/s1. The van der Waals surface area contributed by atoms with Gasteiger partial charge in [-0.2, -0.15) is 4.31 Å². The topological polar surface area (TPSA) is 76.2 Å². The zero-order valence-corrected chi connectivity index (χ0v) is 20.4. The average Bonchev–Trinajstić information content (AvgIpc) is 3.28. The molecule has 9 heteroatoms. The number of sulfonamides is 1. The second-order valence-electron chi connectivity index (χ2n) is 7.51. The zero-order chi connectivity index (χ0) is 23.5. The van der Waals surface area contributed by atoms with Gasteiger partial charge in [-0.3, -0.25) is 4.79 Å². The van der Waals surface area contributed by atoms with Crippen LogP contribution in [0, 0.1) is 0 Å². The molecule has 0 saturated carbocycles. The number of halogens is 1. The lowest BCUT2D eigenvalue weighted by molar-refractivity contribution is 0.0735. The van der Waals surface area contributed by atoms with Gasteiger partial charge in [0.1, 0.15) is 4.90 Å². The molecule has 1 aliphatic heterocycles. The lowest BCUT2D eigenvalue weighted by Gasteiger charge is -2.26. The Morgan fingerprint density at radius 1 is 1.09 bits per heavy atom.